The molecule has 2 heterocycles. The average molecular weight is 326 g/mol. The van der Waals surface area contributed by atoms with Crippen LogP contribution in [0.1, 0.15) is 59.1 Å². The van der Waals surface area contributed by atoms with E-state index in [9.17, 15) is 4.79 Å². The zero-order valence-corrected chi connectivity index (χ0v) is 14.0. The molecule has 23 heavy (non-hydrogen) atoms. The van der Waals surface area contributed by atoms with Crippen molar-refractivity contribution < 1.29 is 4.79 Å². The van der Waals surface area contributed by atoms with Gasteiger partial charge in [0.1, 0.15) is 6.17 Å². The quantitative estimate of drug-likeness (QED) is 0.907. The first kappa shape index (κ1) is 14.9. The van der Waals surface area contributed by atoms with Gasteiger partial charge in [-0.3, -0.25) is 10.1 Å². The van der Waals surface area contributed by atoms with E-state index in [1.165, 1.54) is 24.1 Å². The van der Waals surface area contributed by atoms with Crippen LogP contribution in [0.3, 0.4) is 0 Å². The van der Waals surface area contributed by atoms with Gasteiger partial charge < -0.3 is 4.90 Å². The molecule has 0 radical (unpaired) electrons. The van der Waals surface area contributed by atoms with Crippen molar-refractivity contribution in [1.29, 1.82) is 0 Å². The fourth-order valence-electron chi connectivity index (χ4n) is 3.89. The number of carbonyl (C=O) groups excluding carboxylic acids is 1. The molecule has 120 valence electrons. The molecular weight excluding hydrogens is 304 g/mol. The Morgan fingerprint density at radius 3 is 2.70 bits per heavy atom. The van der Waals surface area contributed by atoms with Crippen LogP contribution in [0.4, 0.5) is 0 Å². The molecule has 3 nitrogen and oxygen atoms in total. The summed E-state index contributed by atoms with van der Waals surface area (Å²) in [5.74, 6) is 0.205. The van der Waals surface area contributed by atoms with Crippen molar-refractivity contribution in [2.24, 2.45) is 0 Å². The number of benzene rings is 1. The Morgan fingerprint density at radius 2 is 1.91 bits per heavy atom. The molecule has 2 aliphatic rings. The minimum absolute atomic E-state index is 0.0175. The van der Waals surface area contributed by atoms with Gasteiger partial charge in [-0.25, -0.2) is 0 Å². The molecule has 0 spiro atoms. The van der Waals surface area contributed by atoms with E-state index in [2.05, 4.69) is 33.8 Å². The molecule has 1 aromatic carbocycles. The van der Waals surface area contributed by atoms with Gasteiger partial charge in [0.25, 0.3) is 5.91 Å². The number of nitrogens with one attached hydrogen (secondary N) is 1. The lowest BCUT2D eigenvalue weighted by Crippen LogP contribution is -2.44. The maximum absolute atomic E-state index is 13.0. The van der Waals surface area contributed by atoms with Crippen molar-refractivity contribution >= 4 is 17.2 Å². The second-order valence-electron chi connectivity index (χ2n) is 6.45. The van der Waals surface area contributed by atoms with Crippen molar-refractivity contribution in [2.75, 3.05) is 0 Å². The number of rotatable bonds is 4. The van der Waals surface area contributed by atoms with Gasteiger partial charge in [0.05, 0.1) is 0 Å². The molecule has 1 N–H and O–H groups in total. The first-order valence-electron chi connectivity index (χ1n) is 8.52. The van der Waals surface area contributed by atoms with Crippen molar-refractivity contribution in [2.45, 2.75) is 50.9 Å². The highest BCUT2D eigenvalue weighted by molar-refractivity contribution is 7.09. The van der Waals surface area contributed by atoms with Crippen molar-refractivity contribution in [3.63, 3.8) is 0 Å². The van der Waals surface area contributed by atoms with Gasteiger partial charge in [-0.15, -0.1) is 11.3 Å². The third-order valence-corrected chi connectivity index (χ3v) is 5.89. The number of thiophene rings is 1. The summed E-state index contributed by atoms with van der Waals surface area (Å²) in [6.07, 6.45) is 6.07. The van der Waals surface area contributed by atoms with E-state index in [0.29, 0.717) is 6.04 Å². The van der Waals surface area contributed by atoms with Gasteiger partial charge in [-0.2, -0.15) is 0 Å². The monoisotopic (exact) mass is 326 g/mol. The van der Waals surface area contributed by atoms with Gasteiger partial charge in [0, 0.05) is 28.6 Å². The molecule has 1 fully saturated rings. The highest BCUT2D eigenvalue weighted by Gasteiger charge is 2.40. The second kappa shape index (κ2) is 6.46. The number of hydrogen-bond donors (Lipinski definition) is 1. The molecule has 1 aromatic heterocycles. The highest BCUT2D eigenvalue weighted by Crippen LogP contribution is 2.37. The topological polar surface area (TPSA) is 32.3 Å². The van der Waals surface area contributed by atoms with E-state index < -0.39 is 0 Å². The number of carbonyl (C=O) groups is 1. The van der Waals surface area contributed by atoms with Gasteiger partial charge in [-0.1, -0.05) is 43.5 Å². The summed E-state index contributed by atoms with van der Waals surface area (Å²) in [5, 5.41) is 5.73. The lowest BCUT2D eigenvalue weighted by Gasteiger charge is -2.36. The average Bonchev–Trinajstić information content (AvgIpc) is 3.21. The summed E-state index contributed by atoms with van der Waals surface area (Å²) in [7, 11) is 0. The van der Waals surface area contributed by atoms with Gasteiger partial charge in [0.2, 0.25) is 0 Å². The molecule has 0 unspecified atom stereocenters. The first-order chi connectivity index (χ1) is 11.3. The SMILES string of the molecule is O=C1c2ccccc2[C@@H](NCc2cccs2)N1C1CCCCC1. The van der Waals surface area contributed by atoms with Crippen molar-refractivity contribution in [3.05, 3.63) is 57.8 Å². The van der Waals surface area contributed by atoms with Crippen LogP contribution in [0, 0.1) is 0 Å². The third-order valence-electron chi connectivity index (χ3n) is 5.02. The predicted octanol–water partition coefficient (Wildman–Crippen LogP) is 4.33. The van der Waals surface area contributed by atoms with Crippen molar-refractivity contribution in [3.8, 4) is 0 Å². The van der Waals surface area contributed by atoms with Crippen LogP contribution in [0.25, 0.3) is 0 Å². The summed E-state index contributed by atoms with van der Waals surface area (Å²) < 4.78 is 0. The zero-order valence-electron chi connectivity index (χ0n) is 13.2. The summed E-state index contributed by atoms with van der Waals surface area (Å²) >= 11 is 1.76. The van der Waals surface area contributed by atoms with E-state index in [4.69, 9.17) is 0 Å². The number of amides is 1. The molecule has 1 saturated carbocycles. The van der Waals surface area contributed by atoms with Crippen LogP contribution in [0.2, 0.25) is 0 Å². The van der Waals surface area contributed by atoms with Gasteiger partial charge >= 0.3 is 0 Å². The Morgan fingerprint density at radius 1 is 1.09 bits per heavy atom. The van der Waals surface area contributed by atoms with E-state index in [0.717, 1.165) is 30.5 Å². The fraction of sp³-hybridized carbons (Fsp3) is 0.421. The Hall–Kier alpha value is -1.65. The van der Waals surface area contributed by atoms with Crippen molar-refractivity contribution in [1.82, 2.24) is 10.2 Å². The lowest BCUT2D eigenvalue weighted by molar-refractivity contribution is 0.0520. The molecule has 0 bridgehead atoms. The largest absolute Gasteiger partial charge is 0.316 e. The Bertz CT molecular complexity index is 676. The lowest BCUT2D eigenvalue weighted by atomic mass is 9.94. The van der Waals surface area contributed by atoms with Crippen LogP contribution >= 0.6 is 11.3 Å². The fourth-order valence-corrected chi connectivity index (χ4v) is 4.55. The summed E-state index contributed by atoms with van der Waals surface area (Å²) in [4.78, 5) is 16.4. The molecule has 1 amide bonds. The summed E-state index contributed by atoms with van der Waals surface area (Å²) in [6.45, 7) is 0.813. The predicted molar refractivity (Wildman–Crippen MR) is 93.4 cm³/mol. The Kier molecular flexibility index (Phi) is 4.19. The van der Waals surface area contributed by atoms with Crippen LogP contribution in [-0.2, 0) is 6.54 Å². The van der Waals surface area contributed by atoms with E-state index >= 15 is 0 Å². The first-order valence-corrected chi connectivity index (χ1v) is 9.40. The van der Waals surface area contributed by atoms with E-state index in [1.54, 1.807) is 11.3 Å². The highest BCUT2D eigenvalue weighted by atomic mass is 32.1. The minimum Gasteiger partial charge on any atom is -0.316 e. The number of nitrogens with zero attached hydrogens (tertiary/aromatic N) is 1. The second-order valence-corrected chi connectivity index (χ2v) is 7.49. The molecule has 1 aliphatic heterocycles. The standard InChI is InChI=1S/C19H22N2OS/c22-19-17-11-5-4-10-16(17)18(20-13-15-9-6-12-23-15)21(19)14-7-2-1-3-8-14/h4-6,9-12,14,18,20H,1-3,7-8,13H2/t18-/m0/s1. The van der Waals surface area contributed by atoms with Gasteiger partial charge in [-0.05, 0) is 30.4 Å². The maximum atomic E-state index is 13.0. The summed E-state index contributed by atoms with van der Waals surface area (Å²) in [5.41, 5.74) is 2.02. The minimum atomic E-state index is 0.0175. The summed E-state index contributed by atoms with van der Waals surface area (Å²) in [6, 6.07) is 12.7. The molecule has 0 saturated heterocycles. The Labute approximate surface area is 141 Å². The number of hydrogen-bond acceptors (Lipinski definition) is 3. The number of fused-ring (bicyclic) bond motifs is 1. The van der Waals surface area contributed by atoms with Crippen LogP contribution in [-0.4, -0.2) is 16.8 Å². The molecule has 4 heteroatoms. The third kappa shape index (κ3) is 2.81. The van der Waals surface area contributed by atoms with E-state index in [1.807, 2.05) is 18.2 Å². The molecule has 2 aromatic rings. The molecule has 1 atom stereocenters. The van der Waals surface area contributed by atoms with E-state index in [-0.39, 0.29) is 12.1 Å². The Balaban J connectivity index is 1.61. The zero-order chi connectivity index (χ0) is 15.6. The van der Waals surface area contributed by atoms with Crippen LogP contribution < -0.4 is 5.32 Å². The maximum Gasteiger partial charge on any atom is 0.256 e. The molecular formula is C19H22N2OS. The van der Waals surface area contributed by atoms with Crippen LogP contribution in [0.5, 0.6) is 0 Å². The normalized spacial score (nSPS) is 21.7. The molecule has 1 aliphatic carbocycles. The smallest absolute Gasteiger partial charge is 0.256 e. The molecule has 4 rings (SSSR count). The van der Waals surface area contributed by atoms with Gasteiger partial charge in [0.15, 0.2) is 0 Å². The van der Waals surface area contributed by atoms with Crippen LogP contribution in [0.15, 0.2) is 41.8 Å².